The number of aliphatic hydroxyl groups excluding tert-OH is 1. The van der Waals surface area contributed by atoms with Crippen molar-refractivity contribution < 1.29 is 19.7 Å². The zero-order valence-corrected chi connectivity index (χ0v) is 10.7. The average Bonchev–Trinajstić information content (AvgIpc) is 2.38. The van der Waals surface area contributed by atoms with Crippen molar-refractivity contribution in [2.24, 2.45) is 4.99 Å². The molecule has 0 aliphatic heterocycles. The number of aliphatic imine (C=N–C) groups is 1. The second-order valence-corrected chi connectivity index (χ2v) is 3.86. The molecule has 0 aromatic heterocycles. The summed E-state index contributed by atoms with van der Waals surface area (Å²) < 4.78 is 4.69. The van der Waals surface area contributed by atoms with Crippen LogP contribution in [0.15, 0.2) is 11.1 Å². The van der Waals surface area contributed by atoms with E-state index in [1.807, 2.05) is 0 Å². The third-order valence-corrected chi connectivity index (χ3v) is 2.76. The molecule has 18 heavy (non-hydrogen) atoms. The summed E-state index contributed by atoms with van der Waals surface area (Å²) in [6.45, 7) is 3.66. The van der Waals surface area contributed by atoms with Gasteiger partial charge in [0.15, 0.2) is 0 Å². The van der Waals surface area contributed by atoms with Gasteiger partial charge < -0.3 is 14.9 Å². The number of methoxy groups -OCH3 is 1. The number of ether oxygens (including phenoxy) is 1. The Balaban J connectivity index is 3.27. The van der Waals surface area contributed by atoms with E-state index in [0.29, 0.717) is 22.3 Å². The van der Waals surface area contributed by atoms with Crippen molar-refractivity contribution in [1.29, 1.82) is 0 Å². The standard InChI is InChI=1S/C13H17NO4/c1-8-9(2)12(16)10(7-14-4-5-15)6-11(8)13(17)18-3/h6-7,15-16H,4-5H2,1-3H3/b14-7+. The Bertz CT molecular complexity index is 480. The molecule has 98 valence electrons. The van der Waals surface area contributed by atoms with Gasteiger partial charge in [0.2, 0.25) is 0 Å². The van der Waals surface area contributed by atoms with E-state index < -0.39 is 5.97 Å². The first kappa shape index (κ1) is 14.2. The van der Waals surface area contributed by atoms with Gasteiger partial charge in [-0.05, 0) is 31.0 Å². The van der Waals surface area contributed by atoms with Crippen LogP contribution in [-0.4, -0.2) is 42.7 Å². The molecule has 5 heteroatoms. The first-order chi connectivity index (χ1) is 8.52. The van der Waals surface area contributed by atoms with E-state index in [-0.39, 0.29) is 18.9 Å². The van der Waals surface area contributed by atoms with E-state index >= 15 is 0 Å². The fraction of sp³-hybridized carbons (Fsp3) is 0.385. The summed E-state index contributed by atoms with van der Waals surface area (Å²) >= 11 is 0. The van der Waals surface area contributed by atoms with Crippen molar-refractivity contribution >= 4 is 12.2 Å². The van der Waals surface area contributed by atoms with Crippen molar-refractivity contribution in [3.05, 3.63) is 28.3 Å². The molecule has 0 unspecified atom stereocenters. The van der Waals surface area contributed by atoms with Crippen LogP contribution in [0.2, 0.25) is 0 Å². The van der Waals surface area contributed by atoms with Gasteiger partial charge in [-0.15, -0.1) is 0 Å². The number of aromatic hydroxyl groups is 1. The van der Waals surface area contributed by atoms with Gasteiger partial charge in [0.1, 0.15) is 5.75 Å². The van der Waals surface area contributed by atoms with Crippen molar-refractivity contribution in [2.75, 3.05) is 20.3 Å². The Hall–Kier alpha value is -1.88. The van der Waals surface area contributed by atoms with Gasteiger partial charge in [-0.1, -0.05) is 0 Å². The molecule has 0 saturated heterocycles. The van der Waals surface area contributed by atoms with E-state index in [1.54, 1.807) is 13.8 Å². The van der Waals surface area contributed by atoms with Gasteiger partial charge in [0.25, 0.3) is 0 Å². The second-order valence-electron chi connectivity index (χ2n) is 3.86. The van der Waals surface area contributed by atoms with Crippen LogP contribution in [0.3, 0.4) is 0 Å². The van der Waals surface area contributed by atoms with E-state index in [4.69, 9.17) is 5.11 Å². The lowest BCUT2D eigenvalue weighted by atomic mass is 9.98. The molecule has 0 radical (unpaired) electrons. The van der Waals surface area contributed by atoms with Gasteiger partial charge in [-0.3, -0.25) is 4.99 Å². The Morgan fingerprint density at radius 1 is 1.44 bits per heavy atom. The van der Waals surface area contributed by atoms with Gasteiger partial charge in [0.05, 0.1) is 25.8 Å². The van der Waals surface area contributed by atoms with Gasteiger partial charge in [-0.25, -0.2) is 4.79 Å². The third kappa shape index (κ3) is 2.87. The topological polar surface area (TPSA) is 79.1 Å². The number of aliphatic hydroxyl groups is 1. The number of rotatable bonds is 4. The number of nitrogens with zero attached hydrogens (tertiary/aromatic N) is 1. The molecular weight excluding hydrogens is 234 g/mol. The number of benzene rings is 1. The van der Waals surface area contributed by atoms with Crippen LogP contribution in [-0.2, 0) is 4.74 Å². The molecule has 0 saturated carbocycles. The Morgan fingerprint density at radius 2 is 2.11 bits per heavy atom. The highest BCUT2D eigenvalue weighted by atomic mass is 16.5. The molecule has 0 bridgehead atoms. The highest BCUT2D eigenvalue weighted by Crippen LogP contribution is 2.27. The molecule has 0 heterocycles. The van der Waals surface area contributed by atoms with Crippen molar-refractivity contribution in [2.45, 2.75) is 13.8 Å². The summed E-state index contributed by atoms with van der Waals surface area (Å²) in [5.74, 6) is -0.366. The second kappa shape index (κ2) is 6.16. The molecular formula is C13H17NO4. The summed E-state index contributed by atoms with van der Waals surface area (Å²) in [5.41, 5.74) is 2.13. The molecule has 0 aliphatic rings. The molecule has 0 atom stereocenters. The number of hydrogen-bond acceptors (Lipinski definition) is 5. The molecule has 1 aromatic carbocycles. The van der Waals surface area contributed by atoms with E-state index in [1.165, 1.54) is 19.4 Å². The third-order valence-electron chi connectivity index (χ3n) is 2.76. The summed E-state index contributed by atoms with van der Waals surface area (Å²) in [4.78, 5) is 15.5. The minimum absolute atomic E-state index is 0.0635. The Kier molecular flexibility index (Phi) is 4.85. The monoisotopic (exact) mass is 251 g/mol. The fourth-order valence-electron chi connectivity index (χ4n) is 1.57. The van der Waals surface area contributed by atoms with Crippen LogP contribution in [0.1, 0.15) is 27.0 Å². The molecule has 0 spiro atoms. The van der Waals surface area contributed by atoms with Crippen LogP contribution in [0.4, 0.5) is 0 Å². The van der Waals surface area contributed by atoms with E-state index in [0.717, 1.165) is 0 Å². The maximum absolute atomic E-state index is 11.6. The maximum Gasteiger partial charge on any atom is 0.338 e. The largest absolute Gasteiger partial charge is 0.507 e. The van der Waals surface area contributed by atoms with Crippen LogP contribution in [0, 0.1) is 13.8 Å². The van der Waals surface area contributed by atoms with Crippen LogP contribution < -0.4 is 0 Å². The van der Waals surface area contributed by atoms with Gasteiger partial charge in [-0.2, -0.15) is 0 Å². The molecule has 0 aliphatic carbocycles. The predicted molar refractivity (Wildman–Crippen MR) is 68.5 cm³/mol. The predicted octanol–water partition coefficient (Wildman–Crippen LogP) is 1.21. The number of carbonyl (C=O) groups is 1. The SMILES string of the molecule is COC(=O)c1cc(/C=N/CCO)c(O)c(C)c1C. The maximum atomic E-state index is 11.6. The quantitative estimate of drug-likeness (QED) is 0.622. The lowest BCUT2D eigenvalue weighted by Gasteiger charge is -2.11. The summed E-state index contributed by atoms with van der Waals surface area (Å²) in [7, 11) is 1.31. The fourth-order valence-corrected chi connectivity index (χ4v) is 1.57. The molecule has 0 amide bonds. The lowest BCUT2D eigenvalue weighted by molar-refractivity contribution is 0.0599. The number of hydrogen-bond donors (Lipinski definition) is 2. The van der Waals surface area contributed by atoms with Gasteiger partial charge in [0, 0.05) is 11.8 Å². The molecule has 5 nitrogen and oxygen atoms in total. The first-order valence-corrected chi connectivity index (χ1v) is 5.55. The van der Waals surface area contributed by atoms with Crippen LogP contribution >= 0.6 is 0 Å². The molecule has 1 aromatic rings. The highest BCUT2D eigenvalue weighted by molar-refractivity contribution is 5.95. The smallest absolute Gasteiger partial charge is 0.338 e. The minimum Gasteiger partial charge on any atom is -0.507 e. The lowest BCUT2D eigenvalue weighted by Crippen LogP contribution is -2.06. The Morgan fingerprint density at radius 3 is 2.67 bits per heavy atom. The highest BCUT2D eigenvalue weighted by Gasteiger charge is 2.16. The normalized spacial score (nSPS) is 10.9. The van der Waals surface area contributed by atoms with E-state index in [9.17, 15) is 9.90 Å². The van der Waals surface area contributed by atoms with Crippen LogP contribution in [0.25, 0.3) is 0 Å². The van der Waals surface area contributed by atoms with Crippen molar-refractivity contribution in [3.8, 4) is 5.75 Å². The van der Waals surface area contributed by atoms with Crippen molar-refractivity contribution in [1.82, 2.24) is 0 Å². The van der Waals surface area contributed by atoms with Crippen LogP contribution in [0.5, 0.6) is 5.75 Å². The zero-order chi connectivity index (χ0) is 13.7. The first-order valence-electron chi connectivity index (χ1n) is 5.55. The summed E-state index contributed by atoms with van der Waals surface area (Å²) in [6, 6.07) is 1.53. The number of carbonyl (C=O) groups excluding carboxylic acids is 1. The molecule has 2 N–H and O–H groups in total. The minimum atomic E-state index is -0.451. The van der Waals surface area contributed by atoms with Crippen molar-refractivity contribution in [3.63, 3.8) is 0 Å². The number of esters is 1. The zero-order valence-electron chi connectivity index (χ0n) is 10.7. The number of phenols is 1. The summed E-state index contributed by atoms with van der Waals surface area (Å²) in [6.07, 6.45) is 1.43. The Labute approximate surface area is 106 Å². The van der Waals surface area contributed by atoms with Gasteiger partial charge >= 0.3 is 5.97 Å². The summed E-state index contributed by atoms with van der Waals surface area (Å²) in [5, 5.41) is 18.6. The molecule has 0 fully saturated rings. The average molecular weight is 251 g/mol. The number of phenolic OH excluding ortho intramolecular Hbond substituents is 1. The van der Waals surface area contributed by atoms with E-state index in [2.05, 4.69) is 9.73 Å². The molecule has 1 rings (SSSR count).